The molecule has 0 atom stereocenters. The summed E-state index contributed by atoms with van der Waals surface area (Å²) < 4.78 is 9.82. The molecule has 126 valence electrons. The highest BCUT2D eigenvalue weighted by Gasteiger charge is 2.04. The standard InChI is InChI=1S/C18H21N3O3/c1-23-16-5-3-4-15(12-16)21-18(19)20-11-10-13-6-8-14(9-7-13)17(22)24-2/h3-9,12H,10-11H2,1-2H3,(H3,19,20,21). The van der Waals surface area contributed by atoms with Crippen LogP contribution in [0.5, 0.6) is 5.75 Å². The van der Waals surface area contributed by atoms with Gasteiger partial charge in [0.1, 0.15) is 5.75 Å². The van der Waals surface area contributed by atoms with Crippen LogP contribution in [0.2, 0.25) is 0 Å². The molecule has 0 amide bonds. The molecule has 2 aromatic rings. The van der Waals surface area contributed by atoms with Gasteiger partial charge in [0.15, 0.2) is 5.96 Å². The lowest BCUT2D eigenvalue weighted by Crippen LogP contribution is -2.23. The molecule has 0 aliphatic heterocycles. The highest BCUT2D eigenvalue weighted by molar-refractivity contribution is 5.92. The van der Waals surface area contributed by atoms with Gasteiger partial charge in [-0.2, -0.15) is 0 Å². The predicted octanol–water partition coefficient (Wildman–Crippen LogP) is 2.45. The van der Waals surface area contributed by atoms with Crippen LogP contribution < -0.4 is 15.8 Å². The first kappa shape index (κ1) is 17.3. The molecule has 2 rings (SSSR count). The van der Waals surface area contributed by atoms with Gasteiger partial charge in [-0.1, -0.05) is 18.2 Å². The summed E-state index contributed by atoms with van der Waals surface area (Å²) in [6.45, 7) is 0.542. The monoisotopic (exact) mass is 327 g/mol. The molecule has 6 nitrogen and oxygen atoms in total. The van der Waals surface area contributed by atoms with Crippen molar-refractivity contribution in [2.75, 3.05) is 26.1 Å². The third kappa shape index (κ3) is 5.01. The Morgan fingerprint density at radius 3 is 2.58 bits per heavy atom. The lowest BCUT2D eigenvalue weighted by atomic mass is 10.1. The fraction of sp³-hybridized carbons (Fsp3) is 0.222. The van der Waals surface area contributed by atoms with Gasteiger partial charge in [0.05, 0.1) is 19.8 Å². The quantitative estimate of drug-likeness (QED) is 0.483. The first-order valence-corrected chi connectivity index (χ1v) is 7.50. The molecule has 0 saturated heterocycles. The number of hydrogen-bond donors (Lipinski definition) is 2. The molecule has 0 heterocycles. The zero-order valence-corrected chi connectivity index (χ0v) is 13.8. The number of anilines is 1. The molecule has 2 aromatic carbocycles. The number of guanidine groups is 1. The first-order valence-electron chi connectivity index (χ1n) is 7.50. The van der Waals surface area contributed by atoms with Crippen LogP contribution in [0.4, 0.5) is 5.69 Å². The summed E-state index contributed by atoms with van der Waals surface area (Å²) in [6.07, 6.45) is 0.724. The molecule has 0 fully saturated rings. The molecule has 0 unspecified atom stereocenters. The second-order valence-electron chi connectivity index (χ2n) is 5.06. The smallest absolute Gasteiger partial charge is 0.337 e. The SMILES string of the molecule is COC(=O)c1ccc(CCN=C(N)Nc2cccc(OC)c2)cc1. The molecular formula is C18H21N3O3. The number of nitrogens with two attached hydrogens (primary N) is 1. The maximum atomic E-state index is 11.4. The Bertz CT molecular complexity index is 712. The molecule has 3 N–H and O–H groups in total. The van der Waals surface area contributed by atoms with E-state index in [1.807, 2.05) is 36.4 Å². The molecule has 0 aliphatic carbocycles. The molecule has 0 saturated carbocycles. The lowest BCUT2D eigenvalue weighted by molar-refractivity contribution is 0.0600. The van der Waals surface area contributed by atoms with Crippen molar-refractivity contribution in [2.45, 2.75) is 6.42 Å². The van der Waals surface area contributed by atoms with Crippen molar-refractivity contribution < 1.29 is 14.3 Å². The summed E-state index contributed by atoms with van der Waals surface area (Å²) in [7, 11) is 2.98. The van der Waals surface area contributed by atoms with E-state index in [0.717, 1.165) is 23.4 Å². The number of nitrogens with one attached hydrogen (secondary N) is 1. The number of esters is 1. The van der Waals surface area contributed by atoms with E-state index in [1.165, 1.54) is 7.11 Å². The van der Waals surface area contributed by atoms with E-state index in [-0.39, 0.29) is 5.97 Å². The van der Waals surface area contributed by atoms with Gasteiger partial charge in [0, 0.05) is 18.3 Å². The molecule has 6 heteroatoms. The van der Waals surface area contributed by atoms with Gasteiger partial charge in [-0.15, -0.1) is 0 Å². The number of benzene rings is 2. The molecule has 0 aliphatic rings. The average Bonchev–Trinajstić information content (AvgIpc) is 2.61. The number of nitrogens with zero attached hydrogens (tertiary/aromatic N) is 1. The van der Waals surface area contributed by atoms with Crippen LogP contribution in [-0.4, -0.2) is 32.7 Å². The maximum absolute atomic E-state index is 11.4. The van der Waals surface area contributed by atoms with Crippen LogP contribution in [0.15, 0.2) is 53.5 Å². The van der Waals surface area contributed by atoms with Gasteiger partial charge in [0.2, 0.25) is 0 Å². The summed E-state index contributed by atoms with van der Waals surface area (Å²) in [6, 6.07) is 14.7. The Morgan fingerprint density at radius 1 is 1.17 bits per heavy atom. The van der Waals surface area contributed by atoms with Crippen LogP contribution in [0.25, 0.3) is 0 Å². The molecule has 0 radical (unpaired) electrons. The topological polar surface area (TPSA) is 85.9 Å². The van der Waals surface area contributed by atoms with E-state index in [1.54, 1.807) is 19.2 Å². The van der Waals surface area contributed by atoms with Crippen LogP contribution in [0.3, 0.4) is 0 Å². The van der Waals surface area contributed by atoms with Crippen molar-refractivity contribution in [3.8, 4) is 5.75 Å². The van der Waals surface area contributed by atoms with Crippen molar-refractivity contribution in [3.63, 3.8) is 0 Å². The van der Waals surface area contributed by atoms with Crippen molar-refractivity contribution in [2.24, 2.45) is 10.7 Å². The number of hydrogen-bond acceptors (Lipinski definition) is 4. The first-order chi connectivity index (χ1) is 11.6. The Hall–Kier alpha value is -3.02. The second-order valence-corrected chi connectivity index (χ2v) is 5.06. The van der Waals surface area contributed by atoms with Crippen LogP contribution >= 0.6 is 0 Å². The van der Waals surface area contributed by atoms with Crippen molar-refractivity contribution in [1.82, 2.24) is 0 Å². The summed E-state index contributed by atoms with van der Waals surface area (Å²) >= 11 is 0. The molecule has 0 spiro atoms. The summed E-state index contributed by atoms with van der Waals surface area (Å²) in [4.78, 5) is 15.7. The van der Waals surface area contributed by atoms with Gasteiger partial charge >= 0.3 is 5.97 Å². The molecule has 0 bridgehead atoms. The van der Waals surface area contributed by atoms with Crippen LogP contribution in [0.1, 0.15) is 15.9 Å². The molecule has 0 aromatic heterocycles. The van der Waals surface area contributed by atoms with Crippen LogP contribution in [-0.2, 0) is 11.2 Å². The second kappa shape index (κ2) is 8.57. The third-order valence-electron chi connectivity index (χ3n) is 3.40. The Kier molecular flexibility index (Phi) is 6.19. The Labute approximate surface area is 141 Å². The number of methoxy groups -OCH3 is 2. The number of ether oxygens (including phenoxy) is 2. The number of carbonyl (C=O) groups is 1. The highest BCUT2D eigenvalue weighted by Crippen LogP contribution is 2.16. The Balaban J connectivity index is 1.87. The summed E-state index contributed by atoms with van der Waals surface area (Å²) in [5.74, 6) is 0.749. The minimum Gasteiger partial charge on any atom is -0.497 e. The molecular weight excluding hydrogens is 306 g/mol. The van der Waals surface area contributed by atoms with Gasteiger partial charge < -0.3 is 20.5 Å². The minimum absolute atomic E-state index is 0.341. The van der Waals surface area contributed by atoms with E-state index in [0.29, 0.717) is 18.1 Å². The van der Waals surface area contributed by atoms with Gasteiger partial charge in [-0.05, 0) is 36.2 Å². The van der Waals surface area contributed by atoms with Crippen molar-refractivity contribution >= 4 is 17.6 Å². The van der Waals surface area contributed by atoms with E-state index in [4.69, 9.17) is 10.5 Å². The normalized spacial score (nSPS) is 11.0. The van der Waals surface area contributed by atoms with Crippen molar-refractivity contribution in [3.05, 3.63) is 59.7 Å². The van der Waals surface area contributed by atoms with E-state index >= 15 is 0 Å². The van der Waals surface area contributed by atoms with Gasteiger partial charge in [-0.25, -0.2) is 4.79 Å². The predicted molar refractivity (Wildman–Crippen MR) is 94.6 cm³/mol. The highest BCUT2D eigenvalue weighted by atomic mass is 16.5. The fourth-order valence-electron chi connectivity index (χ4n) is 2.12. The zero-order chi connectivity index (χ0) is 17.4. The van der Waals surface area contributed by atoms with E-state index in [2.05, 4.69) is 15.0 Å². The average molecular weight is 327 g/mol. The van der Waals surface area contributed by atoms with Crippen LogP contribution in [0, 0.1) is 0 Å². The lowest BCUT2D eigenvalue weighted by Gasteiger charge is -2.07. The number of carbonyl (C=O) groups excluding carboxylic acids is 1. The van der Waals surface area contributed by atoms with E-state index < -0.39 is 0 Å². The largest absolute Gasteiger partial charge is 0.497 e. The minimum atomic E-state index is -0.341. The number of rotatable bonds is 6. The van der Waals surface area contributed by atoms with Crippen molar-refractivity contribution in [1.29, 1.82) is 0 Å². The Morgan fingerprint density at radius 2 is 1.92 bits per heavy atom. The van der Waals surface area contributed by atoms with Gasteiger partial charge in [0.25, 0.3) is 0 Å². The summed E-state index contributed by atoms with van der Waals surface area (Å²) in [5, 5.41) is 3.02. The number of aliphatic imine (C=N–C) groups is 1. The van der Waals surface area contributed by atoms with Gasteiger partial charge in [-0.3, -0.25) is 4.99 Å². The third-order valence-corrected chi connectivity index (χ3v) is 3.40. The maximum Gasteiger partial charge on any atom is 0.337 e. The summed E-state index contributed by atoms with van der Waals surface area (Å²) in [5.41, 5.74) is 8.30. The zero-order valence-electron chi connectivity index (χ0n) is 13.8. The van der Waals surface area contributed by atoms with E-state index in [9.17, 15) is 4.79 Å². The molecule has 24 heavy (non-hydrogen) atoms. The fourth-order valence-corrected chi connectivity index (χ4v) is 2.12.